The highest BCUT2D eigenvalue weighted by atomic mass is 35.5. The molecule has 1 aromatic rings. The summed E-state index contributed by atoms with van der Waals surface area (Å²) in [4.78, 5) is 12.5. The van der Waals surface area contributed by atoms with Gasteiger partial charge in [-0.1, -0.05) is 48.5 Å². The predicted molar refractivity (Wildman–Crippen MR) is 108 cm³/mol. The molecule has 1 aliphatic carbocycles. The number of hydrogen-bond donors (Lipinski definition) is 1. The molecule has 5 nitrogen and oxygen atoms in total. The van der Waals surface area contributed by atoms with E-state index in [9.17, 15) is 13.2 Å². The summed E-state index contributed by atoms with van der Waals surface area (Å²) < 4.78 is 26.9. The Morgan fingerprint density at radius 3 is 2.33 bits per heavy atom. The molecule has 1 amide bonds. The average Bonchev–Trinajstić information content (AvgIpc) is 2.65. The summed E-state index contributed by atoms with van der Waals surface area (Å²) in [7, 11) is -3.44. The highest BCUT2D eigenvalue weighted by Gasteiger charge is 2.32. The first-order valence-electron chi connectivity index (χ1n) is 9.57. The van der Waals surface area contributed by atoms with E-state index in [1.54, 1.807) is 18.2 Å². The molecular formula is C19H26Cl2N2O3S. The van der Waals surface area contributed by atoms with E-state index in [4.69, 9.17) is 23.2 Å². The molecule has 2 aliphatic rings. The number of carbonyl (C=O) groups excluding carboxylic acids is 1. The molecule has 0 bridgehead atoms. The molecule has 1 N–H and O–H groups in total. The second kappa shape index (κ2) is 9.12. The van der Waals surface area contributed by atoms with Gasteiger partial charge in [-0.3, -0.25) is 4.79 Å². The van der Waals surface area contributed by atoms with Gasteiger partial charge in [0.15, 0.2) is 0 Å². The smallest absolute Gasteiger partial charge is 0.223 e. The number of amides is 1. The van der Waals surface area contributed by atoms with Crippen molar-refractivity contribution in [3.8, 4) is 0 Å². The Bertz CT molecular complexity index is 771. The van der Waals surface area contributed by atoms with Gasteiger partial charge in [-0.05, 0) is 43.4 Å². The molecule has 1 heterocycles. The van der Waals surface area contributed by atoms with Crippen molar-refractivity contribution in [2.45, 2.75) is 56.7 Å². The summed E-state index contributed by atoms with van der Waals surface area (Å²) >= 11 is 11.9. The Morgan fingerprint density at radius 1 is 1.04 bits per heavy atom. The van der Waals surface area contributed by atoms with Gasteiger partial charge in [0.1, 0.15) is 0 Å². The number of nitrogens with zero attached hydrogens (tertiary/aromatic N) is 1. The lowest BCUT2D eigenvalue weighted by Gasteiger charge is -2.32. The van der Waals surface area contributed by atoms with Gasteiger partial charge in [0.25, 0.3) is 0 Å². The number of nitrogens with one attached hydrogen (secondary N) is 1. The summed E-state index contributed by atoms with van der Waals surface area (Å²) in [5.74, 6) is -0.116. The van der Waals surface area contributed by atoms with E-state index in [-0.39, 0.29) is 17.6 Å². The van der Waals surface area contributed by atoms with Crippen LogP contribution in [-0.4, -0.2) is 37.8 Å². The minimum Gasteiger partial charge on any atom is -0.353 e. The maximum Gasteiger partial charge on any atom is 0.223 e. The Hall–Kier alpha value is -0.820. The number of hydrogen-bond acceptors (Lipinski definition) is 3. The van der Waals surface area contributed by atoms with Crippen LogP contribution in [0, 0.1) is 5.92 Å². The predicted octanol–water partition coefficient (Wildman–Crippen LogP) is 3.98. The average molecular weight is 433 g/mol. The Morgan fingerprint density at radius 2 is 1.70 bits per heavy atom. The third-order valence-electron chi connectivity index (χ3n) is 5.50. The molecule has 1 saturated heterocycles. The van der Waals surface area contributed by atoms with Crippen molar-refractivity contribution < 1.29 is 13.2 Å². The van der Waals surface area contributed by atoms with Crippen LogP contribution in [0.3, 0.4) is 0 Å². The third-order valence-corrected chi connectivity index (χ3v) is 8.09. The molecule has 0 unspecified atom stereocenters. The van der Waals surface area contributed by atoms with E-state index in [1.807, 2.05) is 0 Å². The van der Waals surface area contributed by atoms with Crippen LogP contribution in [0.4, 0.5) is 0 Å². The fourth-order valence-corrected chi connectivity index (χ4v) is 5.76. The van der Waals surface area contributed by atoms with E-state index >= 15 is 0 Å². The van der Waals surface area contributed by atoms with Crippen molar-refractivity contribution in [2.75, 3.05) is 13.1 Å². The van der Waals surface area contributed by atoms with Crippen LogP contribution in [0.1, 0.15) is 50.5 Å². The van der Waals surface area contributed by atoms with Crippen molar-refractivity contribution in [1.82, 2.24) is 9.62 Å². The fourth-order valence-electron chi connectivity index (χ4n) is 3.89. The molecular weight excluding hydrogens is 407 g/mol. The topological polar surface area (TPSA) is 66.5 Å². The first kappa shape index (κ1) is 20.9. The Balaban J connectivity index is 1.52. The van der Waals surface area contributed by atoms with Crippen molar-refractivity contribution in [2.24, 2.45) is 5.92 Å². The molecule has 2 fully saturated rings. The van der Waals surface area contributed by atoms with Gasteiger partial charge in [0.05, 0.1) is 15.8 Å². The zero-order valence-electron chi connectivity index (χ0n) is 15.3. The molecule has 1 aromatic carbocycles. The molecule has 27 heavy (non-hydrogen) atoms. The van der Waals surface area contributed by atoms with E-state index in [0.29, 0.717) is 47.6 Å². The highest BCUT2D eigenvalue weighted by Crippen LogP contribution is 2.26. The lowest BCUT2D eigenvalue weighted by atomic mass is 9.93. The van der Waals surface area contributed by atoms with E-state index in [2.05, 4.69) is 5.32 Å². The van der Waals surface area contributed by atoms with Crippen LogP contribution in [-0.2, 0) is 20.6 Å². The number of rotatable bonds is 5. The third kappa shape index (κ3) is 5.59. The van der Waals surface area contributed by atoms with Gasteiger partial charge >= 0.3 is 0 Å². The molecule has 8 heteroatoms. The quantitative estimate of drug-likeness (QED) is 0.764. The van der Waals surface area contributed by atoms with Crippen molar-refractivity contribution in [3.05, 3.63) is 33.8 Å². The van der Waals surface area contributed by atoms with Gasteiger partial charge < -0.3 is 5.32 Å². The molecule has 0 radical (unpaired) electrons. The van der Waals surface area contributed by atoms with Crippen LogP contribution >= 0.6 is 23.2 Å². The van der Waals surface area contributed by atoms with Gasteiger partial charge in [0, 0.05) is 25.0 Å². The SMILES string of the molecule is O=C(NC1CCCCC1)C1CCN(S(=O)(=O)Cc2ccc(Cl)c(Cl)c2)CC1. The first-order valence-corrected chi connectivity index (χ1v) is 11.9. The first-order chi connectivity index (χ1) is 12.8. The van der Waals surface area contributed by atoms with Gasteiger partial charge in [-0.15, -0.1) is 0 Å². The van der Waals surface area contributed by atoms with Crippen molar-refractivity contribution >= 4 is 39.1 Å². The lowest BCUT2D eigenvalue weighted by molar-refractivity contribution is -0.127. The molecule has 1 saturated carbocycles. The van der Waals surface area contributed by atoms with E-state index in [0.717, 1.165) is 12.8 Å². The lowest BCUT2D eigenvalue weighted by Crippen LogP contribution is -2.45. The Kier molecular flexibility index (Phi) is 7.06. The standard InChI is InChI=1S/C19H26Cl2N2O3S/c20-17-7-6-14(12-18(17)21)13-27(25,26)23-10-8-15(9-11-23)19(24)22-16-4-2-1-3-5-16/h6-7,12,15-16H,1-5,8-11,13H2,(H,22,24). The largest absolute Gasteiger partial charge is 0.353 e. The number of benzene rings is 1. The van der Waals surface area contributed by atoms with Crippen LogP contribution in [0.15, 0.2) is 18.2 Å². The number of sulfonamides is 1. The summed E-state index contributed by atoms with van der Waals surface area (Å²) in [6, 6.07) is 5.17. The molecule has 0 spiro atoms. The normalized spacial score (nSPS) is 20.5. The van der Waals surface area contributed by atoms with Crippen LogP contribution in [0.5, 0.6) is 0 Å². The summed E-state index contributed by atoms with van der Waals surface area (Å²) in [5, 5.41) is 3.91. The van der Waals surface area contributed by atoms with Gasteiger partial charge in [0.2, 0.25) is 15.9 Å². The number of halogens is 2. The summed E-state index contributed by atoms with van der Waals surface area (Å²) in [5.41, 5.74) is 0.613. The van der Waals surface area contributed by atoms with Crippen LogP contribution in [0.2, 0.25) is 10.0 Å². The van der Waals surface area contributed by atoms with Crippen LogP contribution in [0.25, 0.3) is 0 Å². The molecule has 1 aliphatic heterocycles. The number of carbonyl (C=O) groups is 1. The second-order valence-corrected chi connectivity index (χ2v) is 10.3. The monoisotopic (exact) mass is 432 g/mol. The van der Waals surface area contributed by atoms with Crippen molar-refractivity contribution in [1.29, 1.82) is 0 Å². The highest BCUT2D eigenvalue weighted by molar-refractivity contribution is 7.88. The Labute approximate surface area is 171 Å². The summed E-state index contributed by atoms with van der Waals surface area (Å²) in [6.45, 7) is 0.763. The van der Waals surface area contributed by atoms with Gasteiger partial charge in [-0.2, -0.15) is 0 Å². The fraction of sp³-hybridized carbons (Fsp3) is 0.632. The van der Waals surface area contributed by atoms with Gasteiger partial charge in [-0.25, -0.2) is 12.7 Å². The minimum absolute atomic E-state index is 0.0865. The molecule has 3 rings (SSSR count). The minimum atomic E-state index is -3.44. The zero-order valence-corrected chi connectivity index (χ0v) is 17.6. The zero-order chi connectivity index (χ0) is 19.4. The van der Waals surface area contributed by atoms with E-state index < -0.39 is 10.0 Å². The molecule has 0 aromatic heterocycles. The maximum atomic E-state index is 12.7. The van der Waals surface area contributed by atoms with Crippen LogP contribution < -0.4 is 5.32 Å². The molecule has 150 valence electrons. The maximum absolute atomic E-state index is 12.7. The molecule has 0 atom stereocenters. The number of piperidine rings is 1. The second-order valence-electron chi connectivity index (χ2n) is 7.52. The van der Waals surface area contributed by atoms with E-state index in [1.165, 1.54) is 23.6 Å². The summed E-state index contributed by atoms with van der Waals surface area (Å²) in [6.07, 6.45) is 6.86. The van der Waals surface area contributed by atoms with Crippen molar-refractivity contribution in [3.63, 3.8) is 0 Å².